The van der Waals surface area contributed by atoms with Gasteiger partial charge in [-0.05, 0) is 38.0 Å². The van der Waals surface area contributed by atoms with Gasteiger partial charge in [0.1, 0.15) is 11.6 Å². The number of rotatable bonds is 5. The minimum atomic E-state index is -0.202. The van der Waals surface area contributed by atoms with Crippen LogP contribution in [0.1, 0.15) is 18.2 Å². The number of nitrogens with zero attached hydrogens (tertiary/aromatic N) is 2. The van der Waals surface area contributed by atoms with Crippen molar-refractivity contribution in [1.82, 2.24) is 9.78 Å². The highest BCUT2D eigenvalue weighted by Gasteiger charge is 2.10. The van der Waals surface area contributed by atoms with Crippen molar-refractivity contribution >= 4 is 11.5 Å². The van der Waals surface area contributed by atoms with Crippen LogP contribution in [0.25, 0.3) is 0 Å². The fraction of sp³-hybridized carbons (Fsp3) is 0.357. The summed E-state index contributed by atoms with van der Waals surface area (Å²) in [6.45, 7) is 5.36. The summed E-state index contributed by atoms with van der Waals surface area (Å²) in [7, 11) is 0. The Morgan fingerprint density at radius 2 is 2.21 bits per heavy atom. The molecule has 0 bridgehead atoms. The van der Waals surface area contributed by atoms with E-state index in [1.54, 1.807) is 12.1 Å². The van der Waals surface area contributed by atoms with E-state index in [1.165, 1.54) is 6.07 Å². The maximum atomic E-state index is 13.0. The lowest BCUT2D eigenvalue weighted by atomic mass is 10.1. The number of aromatic nitrogens is 2. The number of anilines is 2. The average molecular weight is 262 g/mol. The SMILES string of the molecule is CCn1nc(C)c(N)c1NCCc1cccc(F)c1. The van der Waals surface area contributed by atoms with E-state index in [0.29, 0.717) is 12.2 Å². The van der Waals surface area contributed by atoms with E-state index < -0.39 is 0 Å². The van der Waals surface area contributed by atoms with Crippen LogP contribution in [0.5, 0.6) is 0 Å². The zero-order chi connectivity index (χ0) is 13.8. The zero-order valence-corrected chi connectivity index (χ0v) is 11.3. The van der Waals surface area contributed by atoms with Crippen molar-refractivity contribution in [3.05, 3.63) is 41.3 Å². The molecular weight excluding hydrogens is 243 g/mol. The topological polar surface area (TPSA) is 55.9 Å². The van der Waals surface area contributed by atoms with Crippen LogP contribution in [0.4, 0.5) is 15.9 Å². The minimum absolute atomic E-state index is 0.202. The number of hydrogen-bond donors (Lipinski definition) is 2. The molecule has 2 aromatic rings. The standard InChI is InChI=1S/C14H19FN4/c1-3-19-14(13(16)10(2)18-19)17-8-7-11-5-4-6-12(15)9-11/h4-6,9,17H,3,7-8,16H2,1-2H3. The number of halogens is 1. The molecule has 0 aliphatic rings. The van der Waals surface area contributed by atoms with Crippen LogP contribution in [0, 0.1) is 12.7 Å². The summed E-state index contributed by atoms with van der Waals surface area (Å²) in [6.07, 6.45) is 0.741. The largest absolute Gasteiger partial charge is 0.394 e. The summed E-state index contributed by atoms with van der Waals surface area (Å²) < 4.78 is 14.9. The van der Waals surface area contributed by atoms with Crippen LogP contribution in [0.2, 0.25) is 0 Å². The van der Waals surface area contributed by atoms with Crippen molar-refractivity contribution in [3.63, 3.8) is 0 Å². The summed E-state index contributed by atoms with van der Waals surface area (Å²) in [6, 6.07) is 6.63. The molecule has 2 rings (SSSR count). The first kappa shape index (κ1) is 13.4. The van der Waals surface area contributed by atoms with Gasteiger partial charge in [0.15, 0.2) is 0 Å². The normalized spacial score (nSPS) is 10.7. The number of hydrogen-bond acceptors (Lipinski definition) is 3. The molecule has 0 unspecified atom stereocenters. The van der Waals surface area contributed by atoms with Crippen LogP contribution in [-0.4, -0.2) is 16.3 Å². The second-order valence-electron chi connectivity index (χ2n) is 4.47. The molecule has 0 spiro atoms. The number of nitrogens with two attached hydrogens (primary N) is 1. The van der Waals surface area contributed by atoms with Crippen molar-refractivity contribution in [3.8, 4) is 0 Å². The first-order valence-electron chi connectivity index (χ1n) is 6.43. The molecule has 102 valence electrons. The van der Waals surface area contributed by atoms with Gasteiger partial charge in [-0.15, -0.1) is 0 Å². The van der Waals surface area contributed by atoms with Crippen molar-refractivity contribution in [1.29, 1.82) is 0 Å². The van der Waals surface area contributed by atoms with E-state index in [-0.39, 0.29) is 5.82 Å². The summed E-state index contributed by atoms with van der Waals surface area (Å²) in [5.74, 6) is 0.642. The number of nitrogens with one attached hydrogen (secondary N) is 1. The maximum Gasteiger partial charge on any atom is 0.148 e. The predicted octanol–water partition coefficient (Wildman–Crippen LogP) is 2.59. The second-order valence-corrected chi connectivity index (χ2v) is 4.47. The van der Waals surface area contributed by atoms with Gasteiger partial charge >= 0.3 is 0 Å². The van der Waals surface area contributed by atoms with Gasteiger partial charge in [-0.25, -0.2) is 9.07 Å². The highest BCUT2D eigenvalue weighted by Crippen LogP contribution is 2.21. The Morgan fingerprint density at radius 3 is 2.89 bits per heavy atom. The molecule has 0 atom stereocenters. The molecule has 0 radical (unpaired) electrons. The molecule has 4 nitrogen and oxygen atoms in total. The van der Waals surface area contributed by atoms with E-state index in [0.717, 1.165) is 30.0 Å². The van der Waals surface area contributed by atoms with Gasteiger partial charge in [0, 0.05) is 13.1 Å². The van der Waals surface area contributed by atoms with Crippen molar-refractivity contribution in [2.45, 2.75) is 26.8 Å². The van der Waals surface area contributed by atoms with Crippen molar-refractivity contribution < 1.29 is 4.39 Å². The average Bonchev–Trinajstić information content (AvgIpc) is 2.66. The van der Waals surface area contributed by atoms with Crippen LogP contribution >= 0.6 is 0 Å². The molecule has 19 heavy (non-hydrogen) atoms. The third kappa shape index (κ3) is 3.05. The van der Waals surface area contributed by atoms with Gasteiger partial charge in [0.05, 0.1) is 11.4 Å². The van der Waals surface area contributed by atoms with Crippen LogP contribution < -0.4 is 11.1 Å². The third-order valence-electron chi connectivity index (χ3n) is 3.07. The molecule has 0 saturated carbocycles. The van der Waals surface area contributed by atoms with Gasteiger partial charge < -0.3 is 11.1 Å². The molecule has 1 heterocycles. The Balaban J connectivity index is 1.99. The number of nitrogen functional groups attached to an aromatic ring is 1. The van der Waals surface area contributed by atoms with E-state index in [1.807, 2.05) is 24.6 Å². The Labute approximate surface area is 112 Å². The molecule has 1 aromatic carbocycles. The van der Waals surface area contributed by atoms with E-state index in [2.05, 4.69) is 10.4 Å². The molecule has 0 amide bonds. The predicted molar refractivity (Wildman–Crippen MR) is 75.6 cm³/mol. The molecular formula is C14H19FN4. The Kier molecular flexibility index (Phi) is 4.04. The molecule has 0 fully saturated rings. The Hall–Kier alpha value is -2.04. The van der Waals surface area contributed by atoms with E-state index in [9.17, 15) is 4.39 Å². The lowest BCUT2D eigenvalue weighted by Gasteiger charge is -2.09. The molecule has 0 aliphatic carbocycles. The lowest BCUT2D eigenvalue weighted by molar-refractivity contribution is 0.625. The molecule has 3 N–H and O–H groups in total. The van der Waals surface area contributed by atoms with Gasteiger partial charge in [-0.3, -0.25) is 0 Å². The summed E-state index contributed by atoms with van der Waals surface area (Å²) in [5.41, 5.74) is 8.45. The van der Waals surface area contributed by atoms with Gasteiger partial charge in [0.25, 0.3) is 0 Å². The van der Waals surface area contributed by atoms with Crippen LogP contribution in [-0.2, 0) is 13.0 Å². The van der Waals surface area contributed by atoms with Crippen LogP contribution in [0.3, 0.4) is 0 Å². The number of benzene rings is 1. The highest BCUT2D eigenvalue weighted by molar-refractivity contribution is 5.64. The Morgan fingerprint density at radius 1 is 1.42 bits per heavy atom. The fourth-order valence-electron chi connectivity index (χ4n) is 2.03. The minimum Gasteiger partial charge on any atom is -0.394 e. The van der Waals surface area contributed by atoms with E-state index in [4.69, 9.17) is 5.73 Å². The summed E-state index contributed by atoms with van der Waals surface area (Å²) >= 11 is 0. The van der Waals surface area contributed by atoms with Crippen LogP contribution in [0.15, 0.2) is 24.3 Å². The fourth-order valence-corrected chi connectivity index (χ4v) is 2.03. The van der Waals surface area contributed by atoms with Crippen molar-refractivity contribution in [2.24, 2.45) is 0 Å². The highest BCUT2D eigenvalue weighted by atomic mass is 19.1. The maximum absolute atomic E-state index is 13.0. The van der Waals surface area contributed by atoms with Gasteiger partial charge in [0.2, 0.25) is 0 Å². The third-order valence-corrected chi connectivity index (χ3v) is 3.07. The van der Waals surface area contributed by atoms with Gasteiger partial charge in [-0.2, -0.15) is 5.10 Å². The monoisotopic (exact) mass is 262 g/mol. The first-order valence-corrected chi connectivity index (χ1v) is 6.43. The molecule has 0 aliphatic heterocycles. The first-order chi connectivity index (χ1) is 9.11. The van der Waals surface area contributed by atoms with Gasteiger partial charge in [-0.1, -0.05) is 12.1 Å². The zero-order valence-electron chi connectivity index (χ0n) is 11.3. The quantitative estimate of drug-likeness (QED) is 0.870. The summed E-state index contributed by atoms with van der Waals surface area (Å²) in [5, 5.41) is 7.61. The second kappa shape index (κ2) is 5.73. The van der Waals surface area contributed by atoms with E-state index >= 15 is 0 Å². The lowest BCUT2D eigenvalue weighted by Crippen LogP contribution is -2.11. The molecule has 5 heteroatoms. The summed E-state index contributed by atoms with van der Waals surface area (Å²) in [4.78, 5) is 0. The number of aryl methyl sites for hydroxylation is 2. The Bertz CT molecular complexity index is 563. The molecule has 0 saturated heterocycles. The molecule has 1 aromatic heterocycles. The van der Waals surface area contributed by atoms with Crippen molar-refractivity contribution in [2.75, 3.05) is 17.6 Å². The smallest absolute Gasteiger partial charge is 0.148 e.